The van der Waals surface area contributed by atoms with Crippen molar-refractivity contribution in [1.29, 1.82) is 0 Å². The topological polar surface area (TPSA) is 33.1 Å². The lowest BCUT2D eigenvalue weighted by atomic mass is 10.3. The molecule has 4 heteroatoms. The normalized spacial score (nSPS) is 26.7. The van der Waals surface area contributed by atoms with E-state index in [0.29, 0.717) is 10.3 Å². The van der Waals surface area contributed by atoms with Crippen molar-refractivity contribution in [3.63, 3.8) is 0 Å². The first-order valence-electron chi connectivity index (χ1n) is 4.72. The molecule has 76 valence electrons. The van der Waals surface area contributed by atoms with Gasteiger partial charge in [-0.3, -0.25) is 0 Å². The van der Waals surface area contributed by atoms with Crippen LogP contribution in [0, 0.1) is 0 Å². The number of aliphatic hydroxyl groups is 1. The van der Waals surface area contributed by atoms with Gasteiger partial charge in [0.1, 0.15) is 0 Å². The van der Waals surface area contributed by atoms with Crippen LogP contribution in [-0.2, 0) is 0 Å². The Bertz CT molecular complexity index is 303. The van der Waals surface area contributed by atoms with Gasteiger partial charge in [0.15, 0.2) is 0 Å². The van der Waals surface area contributed by atoms with Gasteiger partial charge in [0.2, 0.25) is 0 Å². The summed E-state index contributed by atoms with van der Waals surface area (Å²) in [6.07, 6.45) is 4.59. The van der Waals surface area contributed by atoms with Crippen LogP contribution >= 0.6 is 23.4 Å². The van der Waals surface area contributed by atoms with Gasteiger partial charge in [-0.2, -0.15) is 0 Å². The minimum Gasteiger partial charge on any atom is -0.392 e. The fraction of sp³-hybridized carbons (Fsp3) is 0.500. The fourth-order valence-corrected chi connectivity index (χ4v) is 2.89. The molecule has 0 saturated heterocycles. The van der Waals surface area contributed by atoms with E-state index in [2.05, 4.69) is 4.98 Å². The summed E-state index contributed by atoms with van der Waals surface area (Å²) in [5, 5.41) is 11.5. The number of hydrogen-bond acceptors (Lipinski definition) is 3. The first-order chi connectivity index (χ1) is 6.75. The van der Waals surface area contributed by atoms with Gasteiger partial charge in [-0.05, 0) is 31.4 Å². The number of halogens is 1. The Labute approximate surface area is 92.7 Å². The molecule has 1 heterocycles. The van der Waals surface area contributed by atoms with E-state index in [-0.39, 0.29) is 6.10 Å². The number of rotatable bonds is 2. The Morgan fingerprint density at radius 1 is 1.43 bits per heavy atom. The second-order valence-electron chi connectivity index (χ2n) is 3.47. The van der Waals surface area contributed by atoms with E-state index in [0.717, 1.165) is 24.3 Å². The zero-order chi connectivity index (χ0) is 9.97. The highest BCUT2D eigenvalue weighted by Crippen LogP contribution is 2.34. The van der Waals surface area contributed by atoms with E-state index in [1.165, 1.54) is 0 Å². The molecule has 1 saturated carbocycles. The van der Waals surface area contributed by atoms with Gasteiger partial charge < -0.3 is 5.11 Å². The van der Waals surface area contributed by atoms with Crippen molar-refractivity contribution < 1.29 is 5.11 Å². The maximum absolute atomic E-state index is 9.63. The molecule has 2 rings (SSSR count). The second kappa shape index (κ2) is 4.51. The monoisotopic (exact) mass is 229 g/mol. The maximum Gasteiger partial charge on any atom is 0.0964 e. The minimum absolute atomic E-state index is 0.169. The van der Waals surface area contributed by atoms with Crippen molar-refractivity contribution in [1.82, 2.24) is 4.98 Å². The Balaban J connectivity index is 2.00. The lowest BCUT2D eigenvalue weighted by Crippen LogP contribution is -2.14. The van der Waals surface area contributed by atoms with Gasteiger partial charge >= 0.3 is 0 Å². The predicted octanol–water partition coefficient (Wildman–Crippen LogP) is 2.74. The molecule has 0 aromatic carbocycles. The average molecular weight is 230 g/mol. The summed E-state index contributed by atoms with van der Waals surface area (Å²) in [5.41, 5.74) is 0. The van der Waals surface area contributed by atoms with Crippen LogP contribution in [0.15, 0.2) is 23.4 Å². The number of aromatic nitrogens is 1. The number of hydrogen-bond donors (Lipinski definition) is 1. The van der Waals surface area contributed by atoms with Crippen LogP contribution in [0.5, 0.6) is 0 Å². The zero-order valence-electron chi connectivity index (χ0n) is 7.69. The van der Waals surface area contributed by atoms with Crippen molar-refractivity contribution >= 4 is 23.4 Å². The molecule has 0 amide bonds. The largest absolute Gasteiger partial charge is 0.392 e. The molecule has 1 fully saturated rings. The summed E-state index contributed by atoms with van der Waals surface area (Å²) in [6, 6.07) is 3.73. The van der Waals surface area contributed by atoms with E-state index < -0.39 is 0 Å². The van der Waals surface area contributed by atoms with E-state index in [4.69, 9.17) is 11.6 Å². The van der Waals surface area contributed by atoms with Crippen LogP contribution < -0.4 is 0 Å². The maximum atomic E-state index is 9.63. The van der Waals surface area contributed by atoms with Crippen molar-refractivity contribution in [2.75, 3.05) is 0 Å². The number of aliphatic hydroxyl groups excluding tert-OH is 1. The highest BCUT2D eigenvalue weighted by atomic mass is 35.5. The molecule has 0 radical (unpaired) electrons. The van der Waals surface area contributed by atoms with E-state index in [1.54, 1.807) is 18.0 Å². The van der Waals surface area contributed by atoms with Gasteiger partial charge in [-0.1, -0.05) is 11.6 Å². The second-order valence-corrected chi connectivity index (χ2v) is 5.17. The van der Waals surface area contributed by atoms with Crippen LogP contribution in [0.4, 0.5) is 0 Å². The number of nitrogens with zero attached hydrogens (tertiary/aromatic N) is 1. The molecule has 1 aromatic rings. The van der Waals surface area contributed by atoms with Crippen LogP contribution in [-0.4, -0.2) is 21.4 Å². The Morgan fingerprint density at radius 3 is 2.86 bits per heavy atom. The van der Waals surface area contributed by atoms with Crippen LogP contribution in [0.1, 0.15) is 19.3 Å². The molecule has 1 aliphatic carbocycles. The zero-order valence-corrected chi connectivity index (χ0v) is 9.26. The van der Waals surface area contributed by atoms with Crippen molar-refractivity contribution in [3.8, 4) is 0 Å². The third-order valence-corrected chi connectivity index (χ3v) is 3.95. The molecule has 1 aromatic heterocycles. The third-order valence-electron chi connectivity index (χ3n) is 2.39. The Morgan fingerprint density at radius 2 is 2.29 bits per heavy atom. The highest BCUT2D eigenvalue weighted by Gasteiger charge is 2.26. The molecule has 14 heavy (non-hydrogen) atoms. The van der Waals surface area contributed by atoms with Crippen LogP contribution in [0.2, 0.25) is 5.02 Å². The Hall–Kier alpha value is -0.250. The third kappa shape index (κ3) is 2.41. The Kier molecular flexibility index (Phi) is 3.31. The van der Waals surface area contributed by atoms with Crippen molar-refractivity contribution in [3.05, 3.63) is 23.4 Å². The molecule has 1 N–H and O–H groups in total. The average Bonchev–Trinajstić information content (AvgIpc) is 2.56. The SMILES string of the molecule is O[C@@H]1CCC[C@H]1Sc1ccc(Cl)cn1. The van der Waals surface area contributed by atoms with Crippen LogP contribution in [0.3, 0.4) is 0 Å². The van der Waals surface area contributed by atoms with Crippen LogP contribution in [0.25, 0.3) is 0 Å². The van der Waals surface area contributed by atoms with Crippen molar-refractivity contribution in [2.45, 2.75) is 35.6 Å². The lowest BCUT2D eigenvalue weighted by Gasteiger charge is -2.12. The molecular weight excluding hydrogens is 218 g/mol. The molecule has 2 atom stereocenters. The molecule has 1 aliphatic rings. The first-order valence-corrected chi connectivity index (χ1v) is 5.98. The molecular formula is C10H12ClNOS. The smallest absolute Gasteiger partial charge is 0.0964 e. The summed E-state index contributed by atoms with van der Waals surface area (Å²) in [4.78, 5) is 4.20. The van der Waals surface area contributed by atoms with Gasteiger partial charge in [-0.15, -0.1) is 11.8 Å². The summed E-state index contributed by atoms with van der Waals surface area (Å²) in [5.74, 6) is 0. The summed E-state index contributed by atoms with van der Waals surface area (Å²) in [6.45, 7) is 0. The van der Waals surface area contributed by atoms with Gasteiger partial charge in [-0.25, -0.2) is 4.98 Å². The summed E-state index contributed by atoms with van der Waals surface area (Å²) < 4.78 is 0. The van der Waals surface area contributed by atoms with E-state index >= 15 is 0 Å². The van der Waals surface area contributed by atoms with Crippen molar-refractivity contribution in [2.24, 2.45) is 0 Å². The highest BCUT2D eigenvalue weighted by molar-refractivity contribution is 7.99. The summed E-state index contributed by atoms with van der Waals surface area (Å²) in [7, 11) is 0. The first kappa shape index (κ1) is 10.3. The molecule has 0 spiro atoms. The quantitative estimate of drug-likeness (QED) is 0.847. The van der Waals surface area contributed by atoms with Gasteiger partial charge in [0.05, 0.1) is 16.2 Å². The minimum atomic E-state index is -0.169. The summed E-state index contributed by atoms with van der Waals surface area (Å²) >= 11 is 7.38. The fourth-order valence-electron chi connectivity index (χ4n) is 1.63. The van der Waals surface area contributed by atoms with Gasteiger partial charge in [0, 0.05) is 11.4 Å². The number of thioether (sulfide) groups is 1. The molecule has 0 unspecified atom stereocenters. The standard InChI is InChI=1S/C10H12ClNOS/c11-7-4-5-10(12-6-7)14-9-3-1-2-8(9)13/h4-6,8-9,13H,1-3H2/t8-,9-/m1/s1. The van der Waals surface area contributed by atoms with E-state index in [1.807, 2.05) is 12.1 Å². The molecule has 0 bridgehead atoms. The molecule has 0 aliphatic heterocycles. The van der Waals surface area contributed by atoms with Gasteiger partial charge in [0.25, 0.3) is 0 Å². The lowest BCUT2D eigenvalue weighted by molar-refractivity contribution is 0.188. The van der Waals surface area contributed by atoms with E-state index in [9.17, 15) is 5.11 Å². The molecule has 2 nitrogen and oxygen atoms in total. The predicted molar refractivity (Wildman–Crippen MR) is 58.7 cm³/mol. The number of pyridine rings is 1.